The number of likely N-dealkylation sites (N-methyl/N-ethyl adjacent to an activating group) is 1. The van der Waals surface area contributed by atoms with Gasteiger partial charge in [0.25, 0.3) is 10.0 Å². The summed E-state index contributed by atoms with van der Waals surface area (Å²) in [6.07, 6.45) is 4.35. The number of likely N-dealkylation sites (tertiary alicyclic amines) is 1. The van der Waals surface area contributed by atoms with Crippen LogP contribution >= 0.6 is 15.9 Å². The van der Waals surface area contributed by atoms with Crippen LogP contribution in [-0.2, 0) is 27.3 Å². The van der Waals surface area contributed by atoms with Crippen molar-refractivity contribution in [2.24, 2.45) is 7.05 Å². The second kappa shape index (κ2) is 8.40. The summed E-state index contributed by atoms with van der Waals surface area (Å²) in [5.41, 5.74) is 1.32. The van der Waals surface area contributed by atoms with Crippen molar-refractivity contribution in [3.63, 3.8) is 0 Å². The molecule has 196 valence electrons. The minimum Gasteiger partial charge on any atom is -0.465 e. The Hall–Kier alpha value is -3.71. The van der Waals surface area contributed by atoms with Gasteiger partial charge in [0.05, 0.1) is 38.6 Å². The monoisotopic (exact) mass is 598 g/mol. The summed E-state index contributed by atoms with van der Waals surface area (Å²) < 4.78 is 31.5. The SMILES string of the molecule is CN1C(=O)C2(CCN(C(=O)O)CC2)c2c1cnc1c2c(Br)c(-c2cnn(C)c2)n1S(=O)(=O)c1ccccc1. The van der Waals surface area contributed by atoms with E-state index in [1.54, 1.807) is 49.4 Å². The average molecular weight is 599 g/mol. The van der Waals surface area contributed by atoms with E-state index in [9.17, 15) is 23.1 Å². The summed E-state index contributed by atoms with van der Waals surface area (Å²) in [6, 6.07) is 8.10. The number of nitrogens with zero attached hydrogens (tertiary/aromatic N) is 6. The molecule has 2 aliphatic rings. The van der Waals surface area contributed by atoms with E-state index in [1.165, 1.54) is 32.1 Å². The van der Waals surface area contributed by atoms with Gasteiger partial charge in [-0.2, -0.15) is 5.10 Å². The van der Waals surface area contributed by atoms with E-state index >= 15 is 0 Å². The number of amides is 2. The Morgan fingerprint density at radius 1 is 1.11 bits per heavy atom. The second-order valence-corrected chi connectivity index (χ2v) is 12.2. The first kappa shape index (κ1) is 24.6. The fourth-order valence-corrected chi connectivity index (χ4v) is 8.12. The van der Waals surface area contributed by atoms with Crippen molar-refractivity contribution < 1.29 is 23.1 Å². The van der Waals surface area contributed by atoms with Crippen LogP contribution in [0, 0.1) is 0 Å². The van der Waals surface area contributed by atoms with Gasteiger partial charge in [0, 0.05) is 49.9 Å². The predicted molar refractivity (Wildman–Crippen MR) is 143 cm³/mol. The van der Waals surface area contributed by atoms with Gasteiger partial charge >= 0.3 is 6.09 Å². The fourth-order valence-electron chi connectivity index (χ4n) is 5.71. The van der Waals surface area contributed by atoms with Gasteiger partial charge < -0.3 is 14.9 Å². The summed E-state index contributed by atoms with van der Waals surface area (Å²) >= 11 is 3.70. The number of anilines is 1. The molecule has 0 saturated carbocycles. The van der Waals surface area contributed by atoms with Crippen LogP contribution in [0.5, 0.6) is 0 Å². The molecule has 38 heavy (non-hydrogen) atoms. The van der Waals surface area contributed by atoms with E-state index in [2.05, 4.69) is 26.0 Å². The number of carbonyl (C=O) groups excluding carboxylic acids is 1. The molecule has 6 rings (SSSR count). The van der Waals surface area contributed by atoms with Gasteiger partial charge in [-0.25, -0.2) is 22.2 Å². The van der Waals surface area contributed by atoms with Crippen LogP contribution in [-0.4, -0.2) is 69.3 Å². The summed E-state index contributed by atoms with van der Waals surface area (Å²) in [5, 5.41) is 14.3. The molecule has 0 atom stereocenters. The molecule has 0 radical (unpaired) electrons. The quantitative estimate of drug-likeness (QED) is 0.382. The molecule has 1 fully saturated rings. The zero-order valence-corrected chi connectivity index (χ0v) is 22.9. The highest BCUT2D eigenvalue weighted by Gasteiger charge is 2.53. The number of fused-ring (bicyclic) bond motifs is 4. The maximum atomic E-state index is 14.1. The lowest BCUT2D eigenvalue weighted by atomic mass is 9.73. The smallest absolute Gasteiger partial charge is 0.407 e. The molecule has 1 spiro atoms. The standard InChI is InChI=1S/C25H23BrN6O5S/c1-29-14-15(12-28-29)21-20(26)18-19-17(30(2)23(33)25(19)8-10-31(11-9-25)24(34)35)13-27-22(18)32(21)38(36,37)16-6-4-3-5-7-16/h3-7,12-14H,8-11H2,1-2H3,(H,34,35). The van der Waals surface area contributed by atoms with Crippen molar-refractivity contribution >= 4 is 54.7 Å². The number of piperidine rings is 1. The average Bonchev–Trinajstić information content (AvgIpc) is 3.53. The van der Waals surface area contributed by atoms with Crippen LogP contribution in [0.1, 0.15) is 18.4 Å². The minimum atomic E-state index is -4.12. The number of aromatic nitrogens is 4. The zero-order valence-electron chi connectivity index (χ0n) is 20.5. The molecule has 0 unspecified atom stereocenters. The Bertz CT molecular complexity index is 1740. The molecule has 4 aromatic rings. The summed E-state index contributed by atoms with van der Waals surface area (Å²) in [4.78, 5) is 32.9. The van der Waals surface area contributed by atoms with Crippen molar-refractivity contribution in [1.82, 2.24) is 23.6 Å². The number of aryl methyl sites for hydroxylation is 1. The normalized spacial score (nSPS) is 17.0. The van der Waals surface area contributed by atoms with Crippen molar-refractivity contribution in [2.75, 3.05) is 25.0 Å². The van der Waals surface area contributed by atoms with Gasteiger partial charge in [-0.1, -0.05) is 18.2 Å². The number of rotatable bonds is 3. The van der Waals surface area contributed by atoms with E-state index in [0.717, 1.165) is 0 Å². The Balaban J connectivity index is 1.69. The fraction of sp³-hybridized carbons (Fsp3) is 0.280. The van der Waals surface area contributed by atoms with Crippen LogP contribution in [0.25, 0.3) is 22.3 Å². The number of halogens is 1. The molecule has 2 amide bonds. The largest absolute Gasteiger partial charge is 0.465 e. The molecular weight excluding hydrogens is 576 g/mol. The molecule has 0 aliphatic carbocycles. The van der Waals surface area contributed by atoms with Crippen LogP contribution in [0.2, 0.25) is 0 Å². The molecular formula is C25H23BrN6O5S. The number of benzene rings is 1. The van der Waals surface area contributed by atoms with Gasteiger partial charge in [-0.15, -0.1) is 0 Å². The lowest BCUT2D eigenvalue weighted by Gasteiger charge is -2.37. The zero-order chi connectivity index (χ0) is 27.0. The second-order valence-electron chi connectivity index (χ2n) is 9.58. The van der Waals surface area contributed by atoms with Gasteiger partial charge in [-0.05, 0) is 40.9 Å². The maximum absolute atomic E-state index is 14.1. The Kier molecular flexibility index (Phi) is 5.44. The number of carbonyl (C=O) groups is 2. The third-order valence-electron chi connectivity index (χ3n) is 7.56. The number of hydrogen-bond acceptors (Lipinski definition) is 6. The first-order chi connectivity index (χ1) is 18.1. The van der Waals surface area contributed by atoms with E-state index < -0.39 is 21.5 Å². The third-order valence-corrected chi connectivity index (χ3v) is 10.0. The molecule has 0 bridgehead atoms. The highest BCUT2D eigenvalue weighted by molar-refractivity contribution is 9.10. The van der Waals surface area contributed by atoms with E-state index in [4.69, 9.17) is 0 Å². The first-order valence-corrected chi connectivity index (χ1v) is 14.1. The highest BCUT2D eigenvalue weighted by atomic mass is 79.9. The van der Waals surface area contributed by atoms with E-state index in [-0.39, 0.29) is 42.4 Å². The van der Waals surface area contributed by atoms with Crippen molar-refractivity contribution in [1.29, 1.82) is 0 Å². The van der Waals surface area contributed by atoms with Gasteiger partial charge in [0.15, 0.2) is 5.65 Å². The topological polar surface area (TPSA) is 131 Å². The number of carboxylic acid groups (broad SMARTS) is 1. The molecule has 1 N–H and O–H groups in total. The van der Waals surface area contributed by atoms with Crippen molar-refractivity contribution in [3.8, 4) is 11.3 Å². The van der Waals surface area contributed by atoms with Crippen LogP contribution in [0.3, 0.4) is 0 Å². The molecule has 11 nitrogen and oxygen atoms in total. The molecule has 2 aliphatic heterocycles. The summed E-state index contributed by atoms with van der Waals surface area (Å²) in [7, 11) is -0.710. The molecule has 1 aromatic carbocycles. The number of hydrogen-bond donors (Lipinski definition) is 1. The van der Waals surface area contributed by atoms with Crippen LogP contribution in [0.15, 0.2) is 58.3 Å². The molecule has 1 saturated heterocycles. The Morgan fingerprint density at radius 3 is 2.39 bits per heavy atom. The minimum absolute atomic E-state index is 0.0921. The van der Waals surface area contributed by atoms with Gasteiger partial charge in [-0.3, -0.25) is 9.48 Å². The van der Waals surface area contributed by atoms with Crippen LogP contribution < -0.4 is 4.90 Å². The van der Waals surface area contributed by atoms with Crippen molar-refractivity contribution in [3.05, 3.63) is 59.0 Å². The Morgan fingerprint density at radius 2 is 1.79 bits per heavy atom. The maximum Gasteiger partial charge on any atom is 0.407 e. The third kappa shape index (κ3) is 3.27. The van der Waals surface area contributed by atoms with Crippen LogP contribution in [0.4, 0.5) is 10.5 Å². The Labute approximate surface area is 226 Å². The van der Waals surface area contributed by atoms with Gasteiger partial charge in [0.2, 0.25) is 5.91 Å². The van der Waals surface area contributed by atoms with E-state index in [0.29, 0.717) is 32.4 Å². The molecule has 3 aromatic heterocycles. The number of pyridine rings is 1. The predicted octanol–water partition coefficient (Wildman–Crippen LogP) is 3.42. The lowest BCUT2D eigenvalue weighted by molar-refractivity contribution is -0.124. The van der Waals surface area contributed by atoms with E-state index in [1.807, 2.05) is 0 Å². The summed E-state index contributed by atoms with van der Waals surface area (Å²) in [5.74, 6) is -0.152. The van der Waals surface area contributed by atoms with Gasteiger partial charge in [0.1, 0.15) is 0 Å². The molecule has 5 heterocycles. The lowest BCUT2D eigenvalue weighted by Crippen LogP contribution is -2.49. The first-order valence-electron chi connectivity index (χ1n) is 11.9. The molecule has 13 heteroatoms. The summed E-state index contributed by atoms with van der Waals surface area (Å²) in [6.45, 7) is 0.378. The highest BCUT2D eigenvalue weighted by Crippen LogP contribution is 2.53. The van der Waals surface area contributed by atoms with Crippen molar-refractivity contribution in [2.45, 2.75) is 23.2 Å².